The number of aliphatic carboxylic acids is 1. The minimum absolute atomic E-state index is 0.0660. The van der Waals surface area contributed by atoms with Gasteiger partial charge in [-0.2, -0.15) is 4.31 Å². The van der Waals surface area contributed by atoms with Crippen LogP contribution in [0.15, 0.2) is 11.2 Å². The highest BCUT2D eigenvalue weighted by Gasteiger charge is 2.40. The first kappa shape index (κ1) is 12.4. The third-order valence-corrected chi connectivity index (χ3v) is 5.33. The summed E-state index contributed by atoms with van der Waals surface area (Å²) in [6.07, 6.45) is 1.20. The Hall–Kier alpha value is -1.06. The molecule has 2 N–H and O–H groups in total. The molecule has 0 amide bonds. The zero-order valence-corrected chi connectivity index (χ0v) is 10.6. The lowest BCUT2D eigenvalue weighted by Gasteiger charge is -2.18. The highest BCUT2D eigenvalue weighted by atomic mass is 32.2. The molecule has 0 bridgehead atoms. The molecular weight excluding hydrogens is 266 g/mol. The average molecular weight is 277 g/mol. The van der Waals surface area contributed by atoms with Crippen LogP contribution in [-0.4, -0.2) is 51.4 Å². The first-order valence-electron chi connectivity index (χ1n) is 4.77. The second-order valence-electron chi connectivity index (χ2n) is 3.58. The van der Waals surface area contributed by atoms with Gasteiger partial charge in [-0.3, -0.25) is 4.79 Å². The molecule has 0 unspecified atom stereocenters. The number of carbonyl (C=O) groups is 1. The zero-order valence-electron chi connectivity index (χ0n) is 8.95. The Balaban J connectivity index is 2.36. The van der Waals surface area contributed by atoms with Crippen molar-refractivity contribution in [3.05, 3.63) is 12.0 Å². The van der Waals surface area contributed by atoms with Crippen molar-refractivity contribution in [3.63, 3.8) is 0 Å². The topological polar surface area (TPSA) is 103 Å². The fourth-order valence-corrected chi connectivity index (χ4v) is 4.61. The van der Waals surface area contributed by atoms with Gasteiger partial charge in [-0.25, -0.2) is 13.4 Å². The standard InChI is InChI=1S/C8H11N3O4S2/c1-5-9-2-7(10-5)17(14,15)11-4-16-3-6(11)8(12)13/h2,6H,3-4H2,1H3,(H,9,10)(H,12,13)/t6-/m0/s1. The Morgan fingerprint density at radius 1 is 1.71 bits per heavy atom. The first-order chi connectivity index (χ1) is 7.93. The highest BCUT2D eigenvalue weighted by Crippen LogP contribution is 2.27. The molecule has 9 heteroatoms. The molecule has 1 aromatic rings. The fraction of sp³-hybridized carbons (Fsp3) is 0.500. The lowest BCUT2D eigenvalue weighted by molar-refractivity contribution is -0.140. The molecule has 1 aliphatic rings. The molecule has 1 aromatic heterocycles. The van der Waals surface area contributed by atoms with Gasteiger partial charge in [-0.05, 0) is 6.92 Å². The van der Waals surface area contributed by atoms with Crippen molar-refractivity contribution >= 4 is 27.8 Å². The number of nitrogens with zero attached hydrogens (tertiary/aromatic N) is 2. The summed E-state index contributed by atoms with van der Waals surface area (Å²) in [4.78, 5) is 17.4. The van der Waals surface area contributed by atoms with Crippen LogP contribution >= 0.6 is 11.8 Å². The fourth-order valence-electron chi connectivity index (χ4n) is 1.51. The van der Waals surface area contributed by atoms with Crippen LogP contribution in [0.2, 0.25) is 0 Å². The number of aryl methyl sites for hydroxylation is 1. The molecule has 1 aliphatic heterocycles. The number of nitrogens with one attached hydrogen (secondary N) is 1. The zero-order chi connectivity index (χ0) is 12.6. The number of imidazole rings is 1. The molecule has 0 spiro atoms. The molecule has 1 fully saturated rings. The van der Waals surface area contributed by atoms with E-state index < -0.39 is 22.0 Å². The second-order valence-corrected chi connectivity index (χ2v) is 6.44. The van der Waals surface area contributed by atoms with Crippen LogP contribution in [-0.2, 0) is 14.8 Å². The Labute approximate surface area is 102 Å². The van der Waals surface area contributed by atoms with Gasteiger partial charge in [-0.15, -0.1) is 11.8 Å². The van der Waals surface area contributed by atoms with Gasteiger partial charge >= 0.3 is 5.97 Å². The number of rotatable bonds is 3. The normalized spacial score (nSPS) is 21.8. The van der Waals surface area contributed by atoms with Gasteiger partial charge in [-0.1, -0.05) is 0 Å². The molecule has 0 saturated carbocycles. The number of H-pyrrole nitrogens is 1. The smallest absolute Gasteiger partial charge is 0.322 e. The summed E-state index contributed by atoms with van der Waals surface area (Å²) in [7, 11) is -3.80. The highest BCUT2D eigenvalue weighted by molar-refractivity contribution is 8.00. The molecule has 0 aliphatic carbocycles. The number of aromatic nitrogens is 2. The van der Waals surface area contributed by atoms with Gasteiger partial charge in [0.2, 0.25) is 0 Å². The predicted molar refractivity (Wildman–Crippen MR) is 61.1 cm³/mol. The van der Waals surface area contributed by atoms with Gasteiger partial charge in [0.25, 0.3) is 10.0 Å². The molecular formula is C8H11N3O4S2. The minimum atomic E-state index is -3.80. The van der Waals surface area contributed by atoms with E-state index in [0.717, 1.165) is 4.31 Å². The number of carboxylic acid groups (broad SMARTS) is 1. The van der Waals surface area contributed by atoms with E-state index in [4.69, 9.17) is 5.11 Å². The minimum Gasteiger partial charge on any atom is -0.480 e. The van der Waals surface area contributed by atoms with Gasteiger partial charge in [0, 0.05) is 5.75 Å². The summed E-state index contributed by atoms with van der Waals surface area (Å²) in [5, 5.41) is 8.89. The van der Waals surface area contributed by atoms with E-state index in [2.05, 4.69) is 9.97 Å². The van der Waals surface area contributed by atoms with Crippen LogP contribution in [0.25, 0.3) is 0 Å². The van der Waals surface area contributed by atoms with Crippen LogP contribution in [0.4, 0.5) is 0 Å². The maximum Gasteiger partial charge on any atom is 0.322 e. The van der Waals surface area contributed by atoms with Crippen LogP contribution < -0.4 is 0 Å². The first-order valence-corrected chi connectivity index (χ1v) is 7.36. The summed E-state index contributed by atoms with van der Waals surface area (Å²) < 4.78 is 25.3. The quantitative estimate of drug-likeness (QED) is 0.797. The van der Waals surface area contributed by atoms with E-state index in [0.29, 0.717) is 5.82 Å². The van der Waals surface area contributed by atoms with Gasteiger partial charge in [0.05, 0.1) is 12.1 Å². The number of hydrogen-bond donors (Lipinski definition) is 2. The SMILES string of the molecule is Cc1ncc(S(=O)(=O)N2CSC[C@H]2C(=O)O)[nH]1. The molecule has 0 radical (unpaired) electrons. The van der Waals surface area contributed by atoms with E-state index in [-0.39, 0.29) is 16.7 Å². The Kier molecular flexibility index (Phi) is 3.15. The summed E-state index contributed by atoms with van der Waals surface area (Å²) in [6, 6.07) is -1.01. The van der Waals surface area contributed by atoms with Crippen molar-refractivity contribution in [1.29, 1.82) is 0 Å². The third-order valence-electron chi connectivity index (χ3n) is 2.39. The van der Waals surface area contributed by atoms with Crippen LogP contribution in [0, 0.1) is 6.92 Å². The predicted octanol–water partition coefficient (Wildman–Crippen LogP) is -0.134. The Morgan fingerprint density at radius 2 is 2.41 bits per heavy atom. The summed E-state index contributed by atoms with van der Waals surface area (Å²) in [5.41, 5.74) is 0. The largest absolute Gasteiger partial charge is 0.480 e. The van der Waals surface area contributed by atoms with Crippen molar-refractivity contribution in [2.45, 2.75) is 18.0 Å². The second kappa shape index (κ2) is 4.31. The molecule has 94 valence electrons. The Morgan fingerprint density at radius 3 is 2.94 bits per heavy atom. The lowest BCUT2D eigenvalue weighted by Crippen LogP contribution is -2.41. The van der Waals surface area contributed by atoms with Crippen molar-refractivity contribution < 1.29 is 18.3 Å². The average Bonchev–Trinajstić information content (AvgIpc) is 2.84. The maximum atomic E-state index is 12.1. The van der Waals surface area contributed by atoms with E-state index >= 15 is 0 Å². The van der Waals surface area contributed by atoms with E-state index in [9.17, 15) is 13.2 Å². The number of hydrogen-bond acceptors (Lipinski definition) is 5. The molecule has 2 rings (SSSR count). The number of thioether (sulfide) groups is 1. The van der Waals surface area contributed by atoms with E-state index in [1.165, 1.54) is 18.0 Å². The molecule has 7 nitrogen and oxygen atoms in total. The van der Waals surface area contributed by atoms with Crippen LogP contribution in [0.1, 0.15) is 5.82 Å². The molecule has 2 heterocycles. The summed E-state index contributed by atoms with van der Waals surface area (Å²) >= 11 is 1.28. The lowest BCUT2D eigenvalue weighted by atomic mass is 10.4. The number of aromatic amines is 1. The van der Waals surface area contributed by atoms with Gasteiger partial charge in [0.15, 0.2) is 5.03 Å². The molecule has 17 heavy (non-hydrogen) atoms. The molecule has 1 atom stereocenters. The Bertz CT molecular complexity index is 539. The van der Waals surface area contributed by atoms with Crippen molar-refractivity contribution in [1.82, 2.24) is 14.3 Å². The monoisotopic (exact) mass is 277 g/mol. The van der Waals surface area contributed by atoms with Crippen molar-refractivity contribution in [3.8, 4) is 0 Å². The third kappa shape index (κ3) is 2.17. The van der Waals surface area contributed by atoms with Gasteiger partial charge < -0.3 is 10.1 Å². The molecule has 1 saturated heterocycles. The van der Waals surface area contributed by atoms with Crippen LogP contribution in [0.5, 0.6) is 0 Å². The van der Waals surface area contributed by atoms with E-state index in [1.54, 1.807) is 6.92 Å². The number of carboxylic acids is 1. The summed E-state index contributed by atoms with van der Waals surface area (Å²) in [6.45, 7) is 1.63. The van der Waals surface area contributed by atoms with E-state index in [1.807, 2.05) is 0 Å². The van der Waals surface area contributed by atoms with Crippen molar-refractivity contribution in [2.75, 3.05) is 11.6 Å². The molecule has 0 aromatic carbocycles. The van der Waals surface area contributed by atoms with Gasteiger partial charge in [0.1, 0.15) is 11.9 Å². The number of sulfonamides is 1. The van der Waals surface area contributed by atoms with Crippen LogP contribution in [0.3, 0.4) is 0 Å². The maximum absolute atomic E-state index is 12.1. The summed E-state index contributed by atoms with van der Waals surface area (Å²) in [5.74, 6) is -0.240. The van der Waals surface area contributed by atoms with Crippen molar-refractivity contribution in [2.24, 2.45) is 0 Å².